The zero-order valence-corrected chi connectivity index (χ0v) is 12.3. The summed E-state index contributed by atoms with van der Waals surface area (Å²) in [5.41, 5.74) is 0.568. The van der Waals surface area contributed by atoms with Crippen molar-refractivity contribution < 1.29 is 4.39 Å². The number of aromatic nitrogens is 1. The summed E-state index contributed by atoms with van der Waals surface area (Å²) in [5, 5.41) is 3.34. The highest BCUT2D eigenvalue weighted by Crippen LogP contribution is 2.20. The number of nitrogens with zero attached hydrogens (tertiary/aromatic N) is 1. The van der Waals surface area contributed by atoms with Gasteiger partial charge in [0.05, 0.1) is 11.7 Å². The summed E-state index contributed by atoms with van der Waals surface area (Å²) < 4.78 is 13.7. The van der Waals surface area contributed by atoms with Gasteiger partial charge in [0.25, 0.3) is 0 Å². The van der Waals surface area contributed by atoms with Gasteiger partial charge in [-0.05, 0) is 25.1 Å². The zero-order chi connectivity index (χ0) is 13.9. The minimum Gasteiger partial charge on any atom is -0.309 e. The van der Waals surface area contributed by atoms with Gasteiger partial charge < -0.3 is 5.32 Å². The Hall–Kier alpha value is -0.960. The summed E-state index contributed by atoms with van der Waals surface area (Å²) in [5.74, 6) is -0.195. The fraction of sp³-hybridized carbons (Fsp3) is 0.688. The monoisotopic (exact) mass is 266 g/mol. The number of unbranched alkanes of at least 4 members (excludes halogenated alkanes) is 5. The van der Waals surface area contributed by atoms with E-state index < -0.39 is 0 Å². The van der Waals surface area contributed by atoms with E-state index in [1.165, 1.54) is 38.2 Å². The molecule has 3 heteroatoms. The third kappa shape index (κ3) is 6.15. The normalized spacial score (nSPS) is 12.6. The van der Waals surface area contributed by atoms with Crippen LogP contribution in [-0.4, -0.2) is 11.5 Å². The Labute approximate surface area is 116 Å². The van der Waals surface area contributed by atoms with Crippen LogP contribution in [0.25, 0.3) is 0 Å². The lowest BCUT2D eigenvalue weighted by Gasteiger charge is -2.17. The van der Waals surface area contributed by atoms with Gasteiger partial charge in [-0.15, -0.1) is 0 Å². The largest absolute Gasteiger partial charge is 0.309 e. The van der Waals surface area contributed by atoms with Crippen molar-refractivity contribution in [2.75, 3.05) is 6.54 Å². The molecule has 2 nitrogen and oxygen atoms in total. The molecule has 1 atom stereocenters. The van der Waals surface area contributed by atoms with Gasteiger partial charge in [-0.1, -0.05) is 52.4 Å². The third-order valence-electron chi connectivity index (χ3n) is 3.41. The first-order valence-electron chi connectivity index (χ1n) is 7.63. The summed E-state index contributed by atoms with van der Waals surface area (Å²) in [7, 11) is 0. The first-order chi connectivity index (χ1) is 9.29. The maximum absolute atomic E-state index is 13.7. The topological polar surface area (TPSA) is 24.9 Å². The minimum absolute atomic E-state index is 0.0531. The van der Waals surface area contributed by atoms with Crippen LogP contribution >= 0.6 is 0 Å². The van der Waals surface area contributed by atoms with Crippen LogP contribution in [0.2, 0.25) is 0 Å². The van der Waals surface area contributed by atoms with Crippen molar-refractivity contribution in [3.8, 4) is 0 Å². The quantitative estimate of drug-likeness (QED) is 0.625. The fourth-order valence-electron chi connectivity index (χ4n) is 2.36. The van der Waals surface area contributed by atoms with Gasteiger partial charge in [0.1, 0.15) is 5.82 Å². The van der Waals surface area contributed by atoms with Crippen LogP contribution in [0.15, 0.2) is 18.3 Å². The van der Waals surface area contributed by atoms with Crippen molar-refractivity contribution in [2.24, 2.45) is 0 Å². The van der Waals surface area contributed by atoms with E-state index in [0.29, 0.717) is 5.69 Å². The van der Waals surface area contributed by atoms with E-state index in [9.17, 15) is 4.39 Å². The predicted octanol–water partition coefficient (Wildman–Crippen LogP) is 4.62. The molecule has 1 heterocycles. The van der Waals surface area contributed by atoms with Crippen LogP contribution in [0, 0.1) is 5.82 Å². The van der Waals surface area contributed by atoms with E-state index in [0.717, 1.165) is 19.4 Å². The van der Waals surface area contributed by atoms with E-state index in [1.54, 1.807) is 12.3 Å². The number of rotatable bonds is 10. The highest BCUT2D eigenvalue weighted by Gasteiger charge is 2.15. The Balaban J connectivity index is 2.39. The maximum Gasteiger partial charge on any atom is 0.146 e. The molecule has 0 bridgehead atoms. The van der Waals surface area contributed by atoms with Crippen LogP contribution in [0.3, 0.4) is 0 Å². The summed E-state index contributed by atoms with van der Waals surface area (Å²) in [6.45, 7) is 5.12. The second kappa shape index (κ2) is 9.90. The highest BCUT2D eigenvalue weighted by atomic mass is 19.1. The third-order valence-corrected chi connectivity index (χ3v) is 3.41. The summed E-state index contributed by atoms with van der Waals surface area (Å²) in [6, 6.07) is 3.19. The predicted molar refractivity (Wildman–Crippen MR) is 78.6 cm³/mol. The molecule has 0 aliphatic rings. The second-order valence-corrected chi connectivity index (χ2v) is 5.04. The lowest BCUT2D eigenvalue weighted by Crippen LogP contribution is -2.23. The molecule has 0 spiro atoms. The Morgan fingerprint density at radius 3 is 2.58 bits per heavy atom. The van der Waals surface area contributed by atoms with E-state index in [1.807, 2.05) is 0 Å². The minimum atomic E-state index is -0.195. The summed E-state index contributed by atoms with van der Waals surface area (Å²) in [6.07, 6.45) is 10.2. The molecule has 0 saturated carbocycles. The SMILES string of the molecule is CCCCCCCCC(NCC)c1ncccc1F. The van der Waals surface area contributed by atoms with Gasteiger partial charge in [0.15, 0.2) is 0 Å². The van der Waals surface area contributed by atoms with Crippen molar-refractivity contribution in [3.05, 3.63) is 29.8 Å². The fourth-order valence-corrected chi connectivity index (χ4v) is 2.36. The molecule has 1 aromatic rings. The smallest absolute Gasteiger partial charge is 0.146 e. The summed E-state index contributed by atoms with van der Waals surface area (Å²) in [4.78, 5) is 4.19. The Kier molecular flexibility index (Phi) is 8.39. The van der Waals surface area contributed by atoms with Crippen molar-refractivity contribution in [3.63, 3.8) is 0 Å². The first-order valence-corrected chi connectivity index (χ1v) is 7.63. The van der Waals surface area contributed by atoms with Crippen molar-refractivity contribution in [1.82, 2.24) is 10.3 Å². The van der Waals surface area contributed by atoms with Crippen molar-refractivity contribution in [1.29, 1.82) is 0 Å². The Morgan fingerprint density at radius 2 is 1.89 bits per heavy atom. The molecule has 1 aromatic heterocycles. The lowest BCUT2D eigenvalue weighted by atomic mass is 10.0. The maximum atomic E-state index is 13.7. The molecular weight excluding hydrogens is 239 g/mol. The standard InChI is InChI=1S/C16H27FN2/c1-3-5-6-7-8-9-12-15(18-4-2)16-14(17)11-10-13-19-16/h10-11,13,15,18H,3-9,12H2,1-2H3. The van der Waals surface area contributed by atoms with E-state index in [2.05, 4.69) is 24.1 Å². The van der Waals surface area contributed by atoms with Gasteiger partial charge in [-0.3, -0.25) is 4.98 Å². The average Bonchev–Trinajstić information content (AvgIpc) is 2.42. The molecule has 0 aromatic carbocycles. The van der Waals surface area contributed by atoms with Crippen LogP contribution < -0.4 is 5.32 Å². The molecule has 1 unspecified atom stereocenters. The van der Waals surface area contributed by atoms with Gasteiger partial charge in [0.2, 0.25) is 0 Å². The van der Waals surface area contributed by atoms with Gasteiger partial charge in [-0.2, -0.15) is 0 Å². The van der Waals surface area contributed by atoms with E-state index >= 15 is 0 Å². The molecular formula is C16H27FN2. The molecule has 0 radical (unpaired) electrons. The number of pyridine rings is 1. The van der Waals surface area contributed by atoms with Crippen LogP contribution in [0.5, 0.6) is 0 Å². The second-order valence-electron chi connectivity index (χ2n) is 5.04. The molecule has 108 valence electrons. The van der Waals surface area contributed by atoms with E-state index in [4.69, 9.17) is 0 Å². The highest BCUT2D eigenvalue weighted by molar-refractivity contribution is 5.11. The molecule has 1 N–H and O–H groups in total. The average molecular weight is 266 g/mol. The Morgan fingerprint density at radius 1 is 1.16 bits per heavy atom. The first kappa shape index (κ1) is 16.1. The van der Waals surface area contributed by atoms with Gasteiger partial charge >= 0.3 is 0 Å². The van der Waals surface area contributed by atoms with Crippen LogP contribution in [-0.2, 0) is 0 Å². The molecule has 0 fully saturated rings. The number of hydrogen-bond donors (Lipinski definition) is 1. The van der Waals surface area contributed by atoms with Gasteiger partial charge in [0, 0.05) is 6.20 Å². The number of hydrogen-bond acceptors (Lipinski definition) is 2. The van der Waals surface area contributed by atoms with Gasteiger partial charge in [-0.25, -0.2) is 4.39 Å². The molecule has 0 amide bonds. The lowest BCUT2D eigenvalue weighted by molar-refractivity contribution is 0.446. The summed E-state index contributed by atoms with van der Waals surface area (Å²) >= 11 is 0. The zero-order valence-electron chi connectivity index (χ0n) is 12.3. The van der Waals surface area contributed by atoms with Crippen molar-refractivity contribution >= 4 is 0 Å². The van der Waals surface area contributed by atoms with Crippen molar-refractivity contribution in [2.45, 2.75) is 64.8 Å². The Bertz CT molecular complexity index is 341. The molecule has 1 rings (SSSR count). The molecule has 0 aliphatic heterocycles. The molecule has 0 aliphatic carbocycles. The van der Waals surface area contributed by atoms with Crippen LogP contribution in [0.1, 0.15) is 70.5 Å². The van der Waals surface area contributed by atoms with E-state index in [-0.39, 0.29) is 11.9 Å². The number of nitrogens with one attached hydrogen (secondary N) is 1. The molecule has 0 saturated heterocycles. The van der Waals surface area contributed by atoms with Crippen LogP contribution in [0.4, 0.5) is 4.39 Å². The molecule has 19 heavy (non-hydrogen) atoms. The number of halogens is 1.